The molecule has 2 aliphatic rings. The average Bonchev–Trinajstić information content (AvgIpc) is 3.31. The predicted molar refractivity (Wildman–Crippen MR) is 77.4 cm³/mol. The van der Waals surface area contributed by atoms with Gasteiger partial charge in [0.15, 0.2) is 11.5 Å². The third-order valence-corrected chi connectivity index (χ3v) is 4.04. The highest BCUT2D eigenvalue weighted by atomic mass is 16.6. The number of nitrogens with one attached hydrogen (secondary N) is 1. The molecule has 3 rings (SSSR count). The largest absolute Gasteiger partial charge is 0.486 e. The zero-order valence-electron chi connectivity index (χ0n) is 12.2. The van der Waals surface area contributed by atoms with E-state index in [0.29, 0.717) is 19.1 Å². The molecule has 1 aromatic carbocycles. The van der Waals surface area contributed by atoms with Crippen molar-refractivity contribution >= 4 is 0 Å². The molecule has 0 aromatic heterocycles. The van der Waals surface area contributed by atoms with Crippen LogP contribution in [-0.2, 0) is 4.74 Å². The van der Waals surface area contributed by atoms with Crippen LogP contribution in [0.1, 0.15) is 31.4 Å². The van der Waals surface area contributed by atoms with Gasteiger partial charge < -0.3 is 19.5 Å². The summed E-state index contributed by atoms with van der Waals surface area (Å²) in [7, 11) is 1.81. The molecule has 110 valence electrons. The van der Waals surface area contributed by atoms with Gasteiger partial charge in [0.2, 0.25) is 0 Å². The molecule has 0 saturated heterocycles. The first-order valence-electron chi connectivity index (χ1n) is 7.49. The fourth-order valence-electron chi connectivity index (χ4n) is 2.92. The molecule has 0 radical (unpaired) electrons. The first-order valence-corrected chi connectivity index (χ1v) is 7.49. The number of benzene rings is 1. The lowest BCUT2D eigenvalue weighted by Crippen LogP contribution is -2.34. The molecule has 1 heterocycles. The number of methoxy groups -OCH3 is 1. The molecular formula is C16H23NO3. The summed E-state index contributed by atoms with van der Waals surface area (Å²) in [6.45, 7) is 4.31. The molecule has 0 bridgehead atoms. The highest BCUT2D eigenvalue weighted by Crippen LogP contribution is 2.41. The molecule has 1 aliphatic carbocycles. The zero-order chi connectivity index (χ0) is 13.9. The van der Waals surface area contributed by atoms with E-state index in [1.54, 1.807) is 0 Å². The van der Waals surface area contributed by atoms with Gasteiger partial charge in [0.05, 0.1) is 12.1 Å². The van der Waals surface area contributed by atoms with Crippen LogP contribution in [0.2, 0.25) is 0 Å². The lowest BCUT2D eigenvalue weighted by molar-refractivity contribution is 0.0510. The van der Waals surface area contributed by atoms with Crippen LogP contribution < -0.4 is 14.8 Å². The minimum Gasteiger partial charge on any atom is -0.486 e. The van der Waals surface area contributed by atoms with E-state index in [4.69, 9.17) is 14.2 Å². The number of hydrogen-bond donors (Lipinski definition) is 1. The molecule has 1 aliphatic heterocycles. The lowest BCUT2D eigenvalue weighted by atomic mass is 9.97. The van der Waals surface area contributed by atoms with E-state index >= 15 is 0 Å². The van der Waals surface area contributed by atoms with E-state index in [2.05, 4.69) is 24.4 Å². The molecule has 0 spiro atoms. The molecule has 1 aromatic rings. The Bertz CT molecular complexity index is 459. The van der Waals surface area contributed by atoms with E-state index in [-0.39, 0.29) is 12.1 Å². The normalized spacial score (nSPS) is 20.5. The first-order chi connectivity index (χ1) is 9.83. The minimum atomic E-state index is 0.216. The van der Waals surface area contributed by atoms with Crippen LogP contribution in [0.5, 0.6) is 11.5 Å². The van der Waals surface area contributed by atoms with Crippen LogP contribution in [0.3, 0.4) is 0 Å². The summed E-state index contributed by atoms with van der Waals surface area (Å²) in [5.74, 6) is 2.37. The minimum absolute atomic E-state index is 0.216. The molecule has 1 N–H and O–H groups in total. The monoisotopic (exact) mass is 277 g/mol. The lowest BCUT2D eigenvalue weighted by Gasteiger charge is -2.28. The SMILES string of the molecule is CCNC(c1ccc2c(c1)OCCO2)C(OC)C1CC1. The van der Waals surface area contributed by atoms with Crippen LogP contribution >= 0.6 is 0 Å². The highest BCUT2D eigenvalue weighted by molar-refractivity contribution is 5.45. The molecule has 20 heavy (non-hydrogen) atoms. The van der Waals surface area contributed by atoms with Crippen molar-refractivity contribution in [2.75, 3.05) is 26.9 Å². The first kappa shape index (κ1) is 13.7. The molecular weight excluding hydrogens is 254 g/mol. The Balaban J connectivity index is 1.86. The van der Waals surface area contributed by atoms with Gasteiger partial charge in [-0.25, -0.2) is 0 Å². The van der Waals surface area contributed by atoms with Crippen LogP contribution in [0.25, 0.3) is 0 Å². The van der Waals surface area contributed by atoms with Crippen molar-refractivity contribution in [3.8, 4) is 11.5 Å². The summed E-state index contributed by atoms with van der Waals surface area (Å²) < 4.78 is 17.0. The van der Waals surface area contributed by atoms with E-state index in [1.165, 1.54) is 18.4 Å². The van der Waals surface area contributed by atoms with Gasteiger partial charge in [0, 0.05) is 7.11 Å². The number of fused-ring (bicyclic) bond motifs is 1. The van der Waals surface area contributed by atoms with E-state index in [1.807, 2.05) is 13.2 Å². The fourth-order valence-corrected chi connectivity index (χ4v) is 2.92. The third-order valence-electron chi connectivity index (χ3n) is 4.04. The molecule has 1 fully saturated rings. The number of likely N-dealkylation sites (N-methyl/N-ethyl adjacent to an activating group) is 1. The summed E-state index contributed by atoms with van der Waals surface area (Å²) in [6, 6.07) is 6.44. The fraction of sp³-hybridized carbons (Fsp3) is 0.625. The Kier molecular flexibility index (Phi) is 4.13. The molecule has 4 heteroatoms. The Morgan fingerprint density at radius 1 is 1.25 bits per heavy atom. The van der Waals surface area contributed by atoms with Crippen LogP contribution in [0, 0.1) is 5.92 Å². The average molecular weight is 277 g/mol. The molecule has 4 nitrogen and oxygen atoms in total. The predicted octanol–water partition coefficient (Wildman–Crippen LogP) is 2.53. The zero-order valence-corrected chi connectivity index (χ0v) is 12.2. The van der Waals surface area contributed by atoms with Gasteiger partial charge in [-0.15, -0.1) is 0 Å². The van der Waals surface area contributed by atoms with Gasteiger partial charge in [-0.05, 0) is 43.0 Å². The Hall–Kier alpha value is -1.26. The molecule has 2 atom stereocenters. The maximum atomic E-state index is 5.75. The Morgan fingerprint density at radius 2 is 2.00 bits per heavy atom. The quantitative estimate of drug-likeness (QED) is 0.867. The smallest absolute Gasteiger partial charge is 0.161 e. The van der Waals surface area contributed by atoms with Gasteiger partial charge in [-0.2, -0.15) is 0 Å². The Morgan fingerprint density at radius 3 is 2.65 bits per heavy atom. The standard InChI is InChI=1S/C16H23NO3/c1-3-17-15(16(18-2)11-4-5-11)12-6-7-13-14(10-12)20-9-8-19-13/h6-7,10-11,15-17H,3-5,8-9H2,1-2H3. The second-order valence-electron chi connectivity index (χ2n) is 5.48. The number of rotatable bonds is 6. The van der Waals surface area contributed by atoms with Crippen LogP contribution in [-0.4, -0.2) is 33.0 Å². The van der Waals surface area contributed by atoms with Gasteiger partial charge in [0.1, 0.15) is 13.2 Å². The second kappa shape index (κ2) is 6.02. The van der Waals surface area contributed by atoms with Crippen molar-refractivity contribution in [2.45, 2.75) is 31.9 Å². The van der Waals surface area contributed by atoms with E-state index < -0.39 is 0 Å². The van der Waals surface area contributed by atoms with Gasteiger partial charge in [-0.1, -0.05) is 13.0 Å². The van der Waals surface area contributed by atoms with Crippen molar-refractivity contribution in [1.29, 1.82) is 0 Å². The van der Waals surface area contributed by atoms with Gasteiger partial charge in [-0.3, -0.25) is 0 Å². The summed E-state index contributed by atoms with van der Waals surface area (Å²) in [5.41, 5.74) is 1.22. The van der Waals surface area contributed by atoms with E-state index in [9.17, 15) is 0 Å². The highest BCUT2D eigenvalue weighted by Gasteiger charge is 2.37. The van der Waals surface area contributed by atoms with Crippen LogP contribution in [0.4, 0.5) is 0 Å². The van der Waals surface area contributed by atoms with Crippen molar-refractivity contribution in [2.24, 2.45) is 5.92 Å². The maximum absolute atomic E-state index is 5.75. The molecule has 0 amide bonds. The number of ether oxygens (including phenoxy) is 3. The summed E-state index contributed by atoms with van der Waals surface area (Å²) in [6.07, 6.45) is 2.77. The van der Waals surface area contributed by atoms with Crippen molar-refractivity contribution < 1.29 is 14.2 Å². The summed E-state index contributed by atoms with van der Waals surface area (Å²) in [5, 5.41) is 3.56. The third kappa shape index (κ3) is 2.76. The van der Waals surface area contributed by atoms with Crippen molar-refractivity contribution in [3.63, 3.8) is 0 Å². The van der Waals surface area contributed by atoms with Gasteiger partial charge >= 0.3 is 0 Å². The molecule has 1 saturated carbocycles. The summed E-state index contributed by atoms with van der Waals surface area (Å²) >= 11 is 0. The molecule has 2 unspecified atom stereocenters. The van der Waals surface area contributed by atoms with Crippen molar-refractivity contribution in [1.82, 2.24) is 5.32 Å². The Labute approximate surface area is 120 Å². The second-order valence-corrected chi connectivity index (χ2v) is 5.48. The van der Waals surface area contributed by atoms with Crippen molar-refractivity contribution in [3.05, 3.63) is 23.8 Å². The maximum Gasteiger partial charge on any atom is 0.161 e. The summed E-state index contributed by atoms with van der Waals surface area (Å²) in [4.78, 5) is 0. The van der Waals surface area contributed by atoms with Gasteiger partial charge in [0.25, 0.3) is 0 Å². The van der Waals surface area contributed by atoms with Crippen LogP contribution in [0.15, 0.2) is 18.2 Å². The van der Waals surface area contributed by atoms with E-state index in [0.717, 1.165) is 18.0 Å². The number of hydrogen-bond acceptors (Lipinski definition) is 4. The topological polar surface area (TPSA) is 39.7 Å².